The van der Waals surface area contributed by atoms with Gasteiger partial charge in [-0.3, -0.25) is 0 Å². The van der Waals surface area contributed by atoms with Crippen molar-refractivity contribution in [1.82, 2.24) is 0 Å². The number of terminal acetylenes is 1. The van der Waals surface area contributed by atoms with E-state index in [2.05, 4.69) is 19.8 Å². The van der Waals surface area contributed by atoms with Crippen LogP contribution in [0.1, 0.15) is 52.4 Å². The third-order valence-corrected chi connectivity index (χ3v) is 3.64. The van der Waals surface area contributed by atoms with Gasteiger partial charge in [0, 0.05) is 6.42 Å². The Labute approximate surface area is 87.9 Å². The van der Waals surface area contributed by atoms with Gasteiger partial charge in [0.1, 0.15) is 0 Å². The van der Waals surface area contributed by atoms with Crippen molar-refractivity contribution < 1.29 is 5.11 Å². The fourth-order valence-electron chi connectivity index (χ4n) is 2.40. The van der Waals surface area contributed by atoms with Gasteiger partial charge in [-0.25, -0.2) is 0 Å². The number of hydrogen-bond donors (Lipinski definition) is 1. The second-order valence-electron chi connectivity index (χ2n) is 5.01. The van der Waals surface area contributed by atoms with E-state index in [4.69, 9.17) is 6.42 Å². The lowest BCUT2D eigenvalue weighted by Crippen LogP contribution is -2.35. The summed E-state index contributed by atoms with van der Waals surface area (Å²) in [6.45, 7) is 4.55. The van der Waals surface area contributed by atoms with Gasteiger partial charge in [-0.15, -0.1) is 12.3 Å². The molecule has 1 heteroatoms. The van der Waals surface area contributed by atoms with E-state index in [0.29, 0.717) is 6.42 Å². The Morgan fingerprint density at radius 2 is 2.00 bits per heavy atom. The SMILES string of the molecule is C#CCCC1(O)CCC(C(C)C)CC1. The van der Waals surface area contributed by atoms with Crippen LogP contribution in [0, 0.1) is 24.2 Å². The van der Waals surface area contributed by atoms with Gasteiger partial charge in [0.25, 0.3) is 0 Å². The molecule has 0 aliphatic heterocycles. The Bertz CT molecular complexity index is 204. The Hall–Kier alpha value is -0.480. The van der Waals surface area contributed by atoms with Crippen molar-refractivity contribution in [2.75, 3.05) is 0 Å². The first-order chi connectivity index (χ1) is 6.57. The summed E-state index contributed by atoms with van der Waals surface area (Å²) in [6, 6.07) is 0. The zero-order valence-corrected chi connectivity index (χ0v) is 9.42. The highest BCUT2D eigenvalue weighted by Crippen LogP contribution is 2.37. The lowest BCUT2D eigenvalue weighted by Gasteiger charge is -2.37. The summed E-state index contributed by atoms with van der Waals surface area (Å²) >= 11 is 0. The predicted molar refractivity (Wildman–Crippen MR) is 59.8 cm³/mol. The second kappa shape index (κ2) is 4.84. The number of rotatable bonds is 3. The van der Waals surface area contributed by atoms with E-state index in [-0.39, 0.29) is 0 Å². The van der Waals surface area contributed by atoms with Gasteiger partial charge >= 0.3 is 0 Å². The monoisotopic (exact) mass is 194 g/mol. The first kappa shape index (κ1) is 11.6. The third kappa shape index (κ3) is 3.03. The fraction of sp³-hybridized carbons (Fsp3) is 0.846. The Morgan fingerprint density at radius 3 is 2.43 bits per heavy atom. The molecule has 1 aliphatic rings. The van der Waals surface area contributed by atoms with Gasteiger partial charge in [-0.05, 0) is 43.9 Å². The molecule has 1 N–H and O–H groups in total. The maximum absolute atomic E-state index is 10.2. The molecule has 1 aliphatic carbocycles. The molecule has 0 amide bonds. The molecule has 0 atom stereocenters. The van der Waals surface area contributed by atoms with Crippen molar-refractivity contribution in [3.63, 3.8) is 0 Å². The maximum Gasteiger partial charge on any atom is 0.0657 e. The summed E-state index contributed by atoms with van der Waals surface area (Å²) in [5.41, 5.74) is -0.447. The molecule has 0 unspecified atom stereocenters. The summed E-state index contributed by atoms with van der Waals surface area (Å²) in [5, 5.41) is 10.2. The van der Waals surface area contributed by atoms with Crippen LogP contribution in [0.3, 0.4) is 0 Å². The van der Waals surface area contributed by atoms with Crippen LogP contribution in [0.4, 0.5) is 0 Å². The molecular weight excluding hydrogens is 172 g/mol. The molecule has 0 aromatic carbocycles. The molecule has 0 aromatic rings. The standard InChI is InChI=1S/C13H22O/c1-4-5-8-13(14)9-6-12(7-10-13)11(2)3/h1,11-12,14H,5-10H2,2-3H3. The highest BCUT2D eigenvalue weighted by Gasteiger charge is 2.33. The van der Waals surface area contributed by atoms with Crippen LogP contribution < -0.4 is 0 Å². The summed E-state index contributed by atoms with van der Waals surface area (Å²) in [5.74, 6) is 4.18. The maximum atomic E-state index is 10.2. The van der Waals surface area contributed by atoms with Gasteiger partial charge in [-0.2, -0.15) is 0 Å². The van der Waals surface area contributed by atoms with Gasteiger partial charge in [0.2, 0.25) is 0 Å². The van der Waals surface area contributed by atoms with E-state index in [9.17, 15) is 5.11 Å². The normalized spacial score (nSPS) is 32.9. The Balaban J connectivity index is 2.37. The van der Waals surface area contributed by atoms with Crippen LogP contribution in [0.15, 0.2) is 0 Å². The lowest BCUT2D eigenvalue weighted by atomic mass is 9.73. The average molecular weight is 194 g/mol. The molecule has 0 spiro atoms. The highest BCUT2D eigenvalue weighted by atomic mass is 16.3. The average Bonchev–Trinajstić information content (AvgIpc) is 2.16. The molecule has 1 fully saturated rings. The minimum Gasteiger partial charge on any atom is -0.390 e. The molecule has 80 valence electrons. The Morgan fingerprint density at radius 1 is 1.43 bits per heavy atom. The molecule has 0 saturated heterocycles. The molecular formula is C13H22O. The summed E-state index contributed by atoms with van der Waals surface area (Å²) in [6.07, 6.45) is 10.9. The zero-order chi connectivity index (χ0) is 10.6. The molecule has 0 radical (unpaired) electrons. The number of aliphatic hydroxyl groups is 1. The van der Waals surface area contributed by atoms with Crippen molar-refractivity contribution in [2.24, 2.45) is 11.8 Å². The molecule has 1 nitrogen and oxygen atoms in total. The van der Waals surface area contributed by atoms with Crippen molar-refractivity contribution in [3.05, 3.63) is 0 Å². The molecule has 0 heterocycles. The number of hydrogen-bond acceptors (Lipinski definition) is 1. The van der Waals surface area contributed by atoms with Crippen molar-refractivity contribution >= 4 is 0 Å². The van der Waals surface area contributed by atoms with Gasteiger partial charge in [-0.1, -0.05) is 13.8 Å². The Kier molecular flexibility index (Phi) is 4.01. The molecule has 1 saturated carbocycles. The van der Waals surface area contributed by atoms with E-state index in [1.807, 2.05) is 0 Å². The predicted octanol–water partition coefficient (Wildman–Crippen LogP) is 2.98. The third-order valence-electron chi connectivity index (χ3n) is 3.64. The van der Waals surface area contributed by atoms with Crippen LogP contribution in [0.5, 0.6) is 0 Å². The lowest BCUT2D eigenvalue weighted by molar-refractivity contribution is -0.0207. The highest BCUT2D eigenvalue weighted by molar-refractivity contribution is 4.92. The summed E-state index contributed by atoms with van der Waals surface area (Å²) in [4.78, 5) is 0. The molecule has 0 aromatic heterocycles. The molecule has 0 bridgehead atoms. The summed E-state index contributed by atoms with van der Waals surface area (Å²) < 4.78 is 0. The van der Waals surface area contributed by atoms with Crippen molar-refractivity contribution in [3.8, 4) is 12.3 Å². The fourth-order valence-corrected chi connectivity index (χ4v) is 2.40. The van der Waals surface area contributed by atoms with Crippen LogP contribution in [-0.2, 0) is 0 Å². The minimum absolute atomic E-state index is 0.447. The second-order valence-corrected chi connectivity index (χ2v) is 5.01. The largest absolute Gasteiger partial charge is 0.390 e. The van der Waals surface area contributed by atoms with E-state index < -0.39 is 5.60 Å². The first-order valence-corrected chi connectivity index (χ1v) is 5.73. The van der Waals surface area contributed by atoms with Gasteiger partial charge in [0.05, 0.1) is 5.60 Å². The van der Waals surface area contributed by atoms with Crippen LogP contribution >= 0.6 is 0 Å². The van der Waals surface area contributed by atoms with Crippen molar-refractivity contribution in [1.29, 1.82) is 0 Å². The zero-order valence-electron chi connectivity index (χ0n) is 9.42. The van der Waals surface area contributed by atoms with Crippen LogP contribution in [0.2, 0.25) is 0 Å². The smallest absolute Gasteiger partial charge is 0.0657 e. The van der Waals surface area contributed by atoms with Crippen molar-refractivity contribution in [2.45, 2.75) is 58.0 Å². The van der Waals surface area contributed by atoms with E-state index >= 15 is 0 Å². The van der Waals surface area contributed by atoms with Crippen LogP contribution in [-0.4, -0.2) is 10.7 Å². The quantitative estimate of drug-likeness (QED) is 0.685. The first-order valence-electron chi connectivity index (χ1n) is 5.73. The van der Waals surface area contributed by atoms with E-state index in [1.54, 1.807) is 0 Å². The summed E-state index contributed by atoms with van der Waals surface area (Å²) in [7, 11) is 0. The molecule has 14 heavy (non-hydrogen) atoms. The molecule has 1 rings (SSSR count). The van der Waals surface area contributed by atoms with Gasteiger partial charge in [0.15, 0.2) is 0 Å². The minimum atomic E-state index is -0.447. The topological polar surface area (TPSA) is 20.2 Å². The van der Waals surface area contributed by atoms with Crippen LogP contribution in [0.25, 0.3) is 0 Å². The van der Waals surface area contributed by atoms with E-state index in [1.165, 1.54) is 12.8 Å². The van der Waals surface area contributed by atoms with E-state index in [0.717, 1.165) is 31.1 Å². The van der Waals surface area contributed by atoms with Gasteiger partial charge < -0.3 is 5.11 Å².